The van der Waals surface area contributed by atoms with E-state index in [2.05, 4.69) is 69.8 Å². The highest BCUT2D eigenvalue weighted by Crippen LogP contribution is 2.26. The monoisotopic (exact) mass is 321 g/mol. The van der Waals surface area contributed by atoms with Gasteiger partial charge in [-0.25, -0.2) is 4.98 Å². The van der Waals surface area contributed by atoms with Gasteiger partial charge in [-0.15, -0.1) is 0 Å². The Hall–Kier alpha value is -1.13. The van der Waals surface area contributed by atoms with E-state index in [1.807, 2.05) is 12.4 Å². The average molecular weight is 322 g/mol. The van der Waals surface area contributed by atoms with Crippen molar-refractivity contribution in [1.29, 1.82) is 0 Å². The van der Waals surface area contributed by atoms with Crippen LogP contribution in [0.4, 0.5) is 0 Å². The first-order chi connectivity index (χ1) is 9.17. The van der Waals surface area contributed by atoms with Gasteiger partial charge in [0.15, 0.2) is 0 Å². The van der Waals surface area contributed by atoms with Crippen LogP contribution in [-0.2, 0) is 6.42 Å². The fourth-order valence-corrected chi connectivity index (χ4v) is 2.70. The number of hydrogen-bond acceptors (Lipinski definition) is 2. The molecule has 0 radical (unpaired) electrons. The molecule has 0 spiro atoms. The SMILES string of the molecule is CCNC(C)c1cc(Br)ccc1-n1ccnc1CC. The van der Waals surface area contributed by atoms with Crippen molar-refractivity contribution in [2.45, 2.75) is 33.2 Å². The second-order valence-corrected chi connectivity index (χ2v) is 5.47. The molecule has 0 aliphatic carbocycles. The molecule has 1 aromatic carbocycles. The molecule has 4 heteroatoms. The van der Waals surface area contributed by atoms with Crippen molar-refractivity contribution in [3.8, 4) is 5.69 Å². The number of rotatable bonds is 5. The van der Waals surface area contributed by atoms with Crippen molar-refractivity contribution in [1.82, 2.24) is 14.9 Å². The standard InChI is InChI=1S/C15H20BrN3/c1-4-15-18-8-9-19(15)14-7-6-12(16)10-13(14)11(3)17-5-2/h6-11,17H,4-5H2,1-3H3. The third-order valence-electron chi connectivity index (χ3n) is 3.26. The van der Waals surface area contributed by atoms with E-state index in [-0.39, 0.29) is 0 Å². The molecule has 0 fully saturated rings. The van der Waals surface area contributed by atoms with E-state index >= 15 is 0 Å². The van der Waals surface area contributed by atoms with Gasteiger partial charge in [0.25, 0.3) is 0 Å². The number of aryl methyl sites for hydroxylation is 1. The van der Waals surface area contributed by atoms with Crippen LogP contribution in [0.5, 0.6) is 0 Å². The van der Waals surface area contributed by atoms with Gasteiger partial charge in [-0.3, -0.25) is 0 Å². The molecule has 0 saturated carbocycles. The molecule has 3 nitrogen and oxygen atoms in total. The molecule has 0 aliphatic heterocycles. The first kappa shape index (κ1) is 14.3. The minimum absolute atomic E-state index is 0.310. The second kappa shape index (κ2) is 6.35. The van der Waals surface area contributed by atoms with E-state index in [0.717, 1.165) is 23.3 Å². The van der Waals surface area contributed by atoms with Gasteiger partial charge < -0.3 is 9.88 Å². The Bertz CT molecular complexity index is 548. The minimum atomic E-state index is 0.310. The number of imidazole rings is 1. The van der Waals surface area contributed by atoms with E-state index in [1.165, 1.54) is 11.3 Å². The van der Waals surface area contributed by atoms with Gasteiger partial charge in [-0.05, 0) is 37.2 Å². The Labute approximate surface area is 123 Å². The molecule has 0 saturated heterocycles. The number of hydrogen-bond donors (Lipinski definition) is 1. The van der Waals surface area contributed by atoms with Crippen LogP contribution >= 0.6 is 15.9 Å². The molecular weight excluding hydrogens is 302 g/mol. The van der Waals surface area contributed by atoms with Crippen LogP contribution < -0.4 is 5.32 Å². The molecule has 19 heavy (non-hydrogen) atoms. The molecule has 0 amide bonds. The fourth-order valence-electron chi connectivity index (χ4n) is 2.32. The van der Waals surface area contributed by atoms with E-state index in [4.69, 9.17) is 0 Å². The van der Waals surface area contributed by atoms with E-state index in [0.29, 0.717) is 6.04 Å². The molecule has 1 atom stereocenters. The maximum atomic E-state index is 4.41. The van der Waals surface area contributed by atoms with Gasteiger partial charge in [-0.1, -0.05) is 29.8 Å². The number of nitrogens with one attached hydrogen (secondary N) is 1. The number of halogens is 1. The predicted molar refractivity (Wildman–Crippen MR) is 82.7 cm³/mol. The van der Waals surface area contributed by atoms with E-state index in [1.54, 1.807) is 0 Å². The second-order valence-electron chi connectivity index (χ2n) is 4.55. The third kappa shape index (κ3) is 3.07. The Morgan fingerprint density at radius 2 is 2.16 bits per heavy atom. The lowest BCUT2D eigenvalue weighted by Gasteiger charge is -2.19. The maximum absolute atomic E-state index is 4.41. The highest BCUT2D eigenvalue weighted by Gasteiger charge is 2.13. The minimum Gasteiger partial charge on any atom is -0.310 e. The lowest BCUT2D eigenvalue weighted by Crippen LogP contribution is -2.19. The number of benzene rings is 1. The molecular formula is C15H20BrN3. The summed E-state index contributed by atoms with van der Waals surface area (Å²) in [5.74, 6) is 1.09. The van der Waals surface area contributed by atoms with Crippen molar-refractivity contribution in [2.75, 3.05) is 6.54 Å². The Kier molecular flexibility index (Phi) is 4.77. The van der Waals surface area contributed by atoms with E-state index < -0.39 is 0 Å². The molecule has 2 rings (SSSR count). The van der Waals surface area contributed by atoms with Crippen molar-refractivity contribution in [3.05, 3.63) is 46.5 Å². The van der Waals surface area contributed by atoms with Crippen LogP contribution in [-0.4, -0.2) is 16.1 Å². The van der Waals surface area contributed by atoms with Gasteiger partial charge in [-0.2, -0.15) is 0 Å². The normalized spacial score (nSPS) is 12.6. The van der Waals surface area contributed by atoms with Crippen LogP contribution in [0.15, 0.2) is 35.1 Å². The molecule has 1 N–H and O–H groups in total. The smallest absolute Gasteiger partial charge is 0.112 e. The molecule has 1 heterocycles. The maximum Gasteiger partial charge on any atom is 0.112 e. The van der Waals surface area contributed by atoms with Crippen LogP contribution in [0.25, 0.3) is 5.69 Å². The van der Waals surface area contributed by atoms with Crippen molar-refractivity contribution in [2.24, 2.45) is 0 Å². The third-order valence-corrected chi connectivity index (χ3v) is 3.75. The fraction of sp³-hybridized carbons (Fsp3) is 0.400. The zero-order chi connectivity index (χ0) is 13.8. The summed E-state index contributed by atoms with van der Waals surface area (Å²) in [5, 5.41) is 3.47. The average Bonchev–Trinajstić information content (AvgIpc) is 2.87. The first-order valence-electron chi connectivity index (χ1n) is 6.72. The molecule has 2 aromatic rings. The van der Waals surface area contributed by atoms with Gasteiger partial charge in [0.2, 0.25) is 0 Å². The van der Waals surface area contributed by atoms with Crippen molar-refractivity contribution >= 4 is 15.9 Å². The highest BCUT2D eigenvalue weighted by atomic mass is 79.9. The molecule has 102 valence electrons. The van der Waals surface area contributed by atoms with Crippen molar-refractivity contribution < 1.29 is 0 Å². The van der Waals surface area contributed by atoms with Crippen LogP contribution in [0.3, 0.4) is 0 Å². The summed E-state index contributed by atoms with van der Waals surface area (Å²) in [4.78, 5) is 4.41. The largest absolute Gasteiger partial charge is 0.310 e. The topological polar surface area (TPSA) is 29.9 Å². The number of nitrogens with zero attached hydrogens (tertiary/aromatic N) is 2. The van der Waals surface area contributed by atoms with Gasteiger partial charge in [0.05, 0.1) is 5.69 Å². The lowest BCUT2D eigenvalue weighted by atomic mass is 10.1. The van der Waals surface area contributed by atoms with Crippen LogP contribution in [0, 0.1) is 0 Å². The highest BCUT2D eigenvalue weighted by molar-refractivity contribution is 9.10. The summed E-state index contributed by atoms with van der Waals surface area (Å²) >= 11 is 3.56. The molecule has 1 aromatic heterocycles. The molecule has 1 unspecified atom stereocenters. The van der Waals surface area contributed by atoms with E-state index in [9.17, 15) is 0 Å². The van der Waals surface area contributed by atoms with Gasteiger partial charge in [0, 0.05) is 29.3 Å². The summed E-state index contributed by atoms with van der Waals surface area (Å²) in [6, 6.07) is 6.72. The summed E-state index contributed by atoms with van der Waals surface area (Å²) in [5.41, 5.74) is 2.48. The quantitative estimate of drug-likeness (QED) is 0.906. The lowest BCUT2D eigenvalue weighted by molar-refractivity contribution is 0.594. The zero-order valence-corrected chi connectivity index (χ0v) is 13.2. The molecule has 0 aliphatic rings. The van der Waals surface area contributed by atoms with Crippen molar-refractivity contribution in [3.63, 3.8) is 0 Å². The predicted octanol–water partition coefficient (Wildman–Crippen LogP) is 3.87. The number of aromatic nitrogens is 2. The van der Waals surface area contributed by atoms with Gasteiger partial charge in [0.1, 0.15) is 5.82 Å². The van der Waals surface area contributed by atoms with Gasteiger partial charge >= 0.3 is 0 Å². The zero-order valence-electron chi connectivity index (χ0n) is 11.7. The Balaban J connectivity index is 2.50. The Morgan fingerprint density at radius 3 is 2.84 bits per heavy atom. The summed E-state index contributed by atoms with van der Waals surface area (Å²) < 4.78 is 3.28. The Morgan fingerprint density at radius 1 is 1.37 bits per heavy atom. The van der Waals surface area contributed by atoms with Crippen LogP contribution in [0.2, 0.25) is 0 Å². The molecule has 0 bridgehead atoms. The summed E-state index contributed by atoms with van der Waals surface area (Å²) in [7, 11) is 0. The summed E-state index contributed by atoms with van der Waals surface area (Å²) in [6.07, 6.45) is 4.82. The van der Waals surface area contributed by atoms with Crippen LogP contribution in [0.1, 0.15) is 38.2 Å². The summed E-state index contributed by atoms with van der Waals surface area (Å²) in [6.45, 7) is 7.41. The first-order valence-corrected chi connectivity index (χ1v) is 7.52.